The van der Waals surface area contributed by atoms with E-state index in [4.69, 9.17) is 10.5 Å². The topological polar surface area (TPSA) is 51.4 Å². The van der Waals surface area contributed by atoms with E-state index in [0.717, 1.165) is 12.4 Å². The van der Waals surface area contributed by atoms with Crippen molar-refractivity contribution in [1.29, 1.82) is 0 Å². The van der Waals surface area contributed by atoms with E-state index in [-0.39, 0.29) is 0 Å². The first-order valence-electron chi connectivity index (χ1n) is 6.38. The van der Waals surface area contributed by atoms with Gasteiger partial charge >= 0.3 is 0 Å². The molecule has 2 N–H and O–H groups in total. The summed E-state index contributed by atoms with van der Waals surface area (Å²) < 4.78 is 5.44. The van der Waals surface area contributed by atoms with E-state index in [9.17, 15) is 0 Å². The summed E-state index contributed by atoms with van der Waals surface area (Å²) in [6.45, 7) is 5.86. The van der Waals surface area contributed by atoms with Crippen molar-refractivity contribution in [2.45, 2.75) is 39.2 Å². The number of rotatable bonds is 3. The zero-order chi connectivity index (χ0) is 12.3. The minimum atomic E-state index is 0.550. The molecule has 1 aromatic heterocycles. The summed E-state index contributed by atoms with van der Waals surface area (Å²) in [7, 11) is 0. The molecule has 0 bridgehead atoms. The Morgan fingerprint density at radius 2 is 2.29 bits per heavy atom. The molecule has 1 aliphatic heterocycles. The van der Waals surface area contributed by atoms with E-state index in [0.29, 0.717) is 24.2 Å². The lowest BCUT2D eigenvalue weighted by atomic mass is 10.0. The summed E-state index contributed by atoms with van der Waals surface area (Å²) in [5.74, 6) is 1.54. The van der Waals surface area contributed by atoms with E-state index in [1.165, 1.54) is 19.3 Å². The lowest BCUT2D eigenvalue weighted by molar-refractivity contribution is 0.328. The SMILES string of the molecule is CCOc1nc(N2CCCCC2C)ccc1N. The first-order valence-corrected chi connectivity index (χ1v) is 6.38. The van der Waals surface area contributed by atoms with Gasteiger partial charge in [0.1, 0.15) is 5.82 Å². The number of anilines is 2. The molecular weight excluding hydrogens is 214 g/mol. The Balaban J connectivity index is 2.22. The van der Waals surface area contributed by atoms with E-state index in [2.05, 4.69) is 16.8 Å². The standard InChI is InChI=1S/C13H21N3O/c1-3-17-13-11(14)7-8-12(15-13)16-9-5-4-6-10(16)2/h7-8,10H,3-6,9,14H2,1-2H3. The van der Waals surface area contributed by atoms with Crippen LogP contribution >= 0.6 is 0 Å². The van der Waals surface area contributed by atoms with Crippen LogP contribution in [0, 0.1) is 0 Å². The van der Waals surface area contributed by atoms with Crippen LogP contribution in [0.3, 0.4) is 0 Å². The van der Waals surface area contributed by atoms with E-state index in [1.54, 1.807) is 0 Å². The second-order valence-electron chi connectivity index (χ2n) is 4.54. The average Bonchev–Trinajstić information content (AvgIpc) is 2.33. The van der Waals surface area contributed by atoms with Crippen molar-refractivity contribution in [3.63, 3.8) is 0 Å². The van der Waals surface area contributed by atoms with Crippen LogP contribution in [-0.4, -0.2) is 24.2 Å². The van der Waals surface area contributed by atoms with Gasteiger partial charge in [0, 0.05) is 12.6 Å². The summed E-state index contributed by atoms with van der Waals surface area (Å²) in [4.78, 5) is 6.85. The third-order valence-corrected chi connectivity index (χ3v) is 3.25. The van der Waals surface area contributed by atoms with Crippen molar-refractivity contribution in [2.24, 2.45) is 0 Å². The maximum absolute atomic E-state index is 5.83. The summed E-state index contributed by atoms with van der Waals surface area (Å²) in [5.41, 5.74) is 6.45. The Hall–Kier alpha value is -1.45. The predicted molar refractivity (Wildman–Crippen MR) is 70.5 cm³/mol. The molecule has 94 valence electrons. The molecule has 2 heterocycles. The molecule has 1 atom stereocenters. The van der Waals surface area contributed by atoms with Crippen LogP contribution in [0.1, 0.15) is 33.1 Å². The summed E-state index contributed by atoms with van der Waals surface area (Å²) in [6.07, 6.45) is 3.78. The normalized spacial score (nSPS) is 20.4. The number of hydrogen-bond acceptors (Lipinski definition) is 4. The van der Waals surface area contributed by atoms with Crippen LogP contribution in [0.4, 0.5) is 11.5 Å². The third kappa shape index (κ3) is 2.62. The number of hydrogen-bond donors (Lipinski definition) is 1. The number of nitrogen functional groups attached to an aromatic ring is 1. The van der Waals surface area contributed by atoms with Crippen LogP contribution in [0.15, 0.2) is 12.1 Å². The summed E-state index contributed by atoms with van der Waals surface area (Å²) in [5, 5.41) is 0. The van der Waals surface area contributed by atoms with E-state index >= 15 is 0 Å². The lowest BCUT2D eigenvalue weighted by Gasteiger charge is -2.34. The average molecular weight is 235 g/mol. The van der Waals surface area contributed by atoms with Crippen molar-refractivity contribution in [3.8, 4) is 5.88 Å². The highest BCUT2D eigenvalue weighted by Gasteiger charge is 2.20. The molecule has 1 aliphatic rings. The monoisotopic (exact) mass is 235 g/mol. The fourth-order valence-electron chi connectivity index (χ4n) is 2.29. The molecule has 0 amide bonds. The molecule has 0 aromatic carbocycles. The molecule has 2 rings (SSSR count). The number of piperidine rings is 1. The number of ether oxygens (including phenoxy) is 1. The van der Waals surface area contributed by atoms with Crippen molar-refractivity contribution in [2.75, 3.05) is 23.8 Å². The highest BCUT2D eigenvalue weighted by Crippen LogP contribution is 2.27. The smallest absolute Gasteiger partial charge is 0.239 e. The van der Waals surface area contributed by atoms with Gasteiger partial charge in [-0.3, -0.25) is 0 Å². The number of nitrogens with two attached hydrogens (primary N) is 1. The second kappa shape index (κ2) is 5.25. The Bertz CT molecular complexity index is 381. The number of nitrogens with zero attached hydrogens (tertiary/aromatic N) is 2. The molecule has 17 heavy (non-hydrogen) atoms. The van der Waals surface area contributed by atoms with Crippen LogP contribution < -0.4 is 15.4 Å². The van der Waals surface area contributed by atoms with Crippen molar-refractivity contribution in [1.82, 2.24) is 4.98 Å². The van der Waals surface area contributed by atoms with Crippen LogP contribution in [-0.2, 0) is 0 Å². The van der Waals surface area contributed by atoms with E-state index in [1.807, 2.05) is 19.1 Å². The van der Waals surface area contributed by atoms with Crippen molar-refractivity contribution < 1.29 is 4.74 Å². The Morgan fingerprint density at radius 3 is 3.00 bits per heavy atom. The van der Waals surface area contributed by atoms with Gasteiger partial charge in [0.25, 0.3) is 0 Å². The molecule has 0 spiro atoms. The zero-order valence-electron chi connectivity index (χ0n) is 10.6. The third-order valence-electron chi connectivity index (χ3n) is 3.25. The Labute approximate surface area is 103 Å². The zero-order valence-corrected chi connectivity index (χ0v) is 10.6. The largest absolute Gasteiger partial charge is 0.476 e. The minimum Gasteiger partial charge on any atom is -0.476 e. The van der Waals surface area contributed by atoms with Gasteiger partial charge in [0.05, 0.1) is 12.3 Å². The molecule has 0 aliphatic carbocycles. The van der Waals surface area contributed by atoms with Gasteiger partial charge in [-0.25, -0.2) is 0 Å². The highest BCUT2D eigenvalue weighted by atomic mass is 16.5. The van der Waals surface area contributed by atoms with Gasteiger partial charge in [-0.2, -0.15) is 4.98 Å². The second-order valence-corrected chi connectivity index (χ2v) is 4.54. The van der Waals surface area contributed by atoms with Gasteiger partial charge in [-0.05, 0) is 45.2 Å². The highest BCUT2D eigenvalue weighted by molar-refractivity contribution is 5.55. The molecular formula is C13H21N3O. The maximum atomic E-state index is 5.83. The van der Waals surface area contributed by atoms with Gasteiger partial charge in [0.2, 0.25) is 5.88 Å². The fraction of sp³-hybridized carbons (Fsp3) is 0.615. The van der Waals surface area contributed by atoms with Gasteiger partial charge in [0.15, 0.2) is 0 Å². The predicted octanol–water partition coefficient (Wildman–Crippen LogP) is 2.44. The maximum Gasteiger partial charge on any atom is 0.239 e. The number of pyridine rings is 1. The van der Waals surface area contributed by atoms with Crippen molar-refractivity contribution >= 4 is 11.5 Å². The van der Waals surface area contributed by atoms with Gasteiger partial charge in [-0.15, -0.1) is 0 Å². The van der Waals surface area contributed by atoms with Gasteiger partial charge < -0.3 is 15.4 Å². The molecule has 1 fully saturated rings. The number of aromatic nitrogens is 1. The molecule has 0 radical (unpaired) electrons. The van der Waals surface area contributed by atoms with Gasteiger partial charge in [-0.1, -0.05) is 0 Å². The van der Waals surface area contributed by atoms with Crippen LogP contribution in [0.5, 0.6) is 5.88 Å². The Kier molecular flexibility index (Phi) is 3.71. The van der Waals surface area contributed by atoms with E-state index < -0.39 is 0 Å². The quantitative estimate of drug-likeness (QED) is 0.874. The molecule has 4 nitrogen and oxygen atoms in total. The molecule has 1 aromatic rings. The summed E-state index contributed by atoms with van der Waals surface area (Å²) >= 11 is 0. The lowest BCUT2D eigenvalue weighted by Crippen LogP contribution is -2.38. The Morgan fingerprint density at radius 1 is 1.47 bits per heavy atom. The first-order chi connectivity index (χ1) is 8.22. The minimum absolute atomic E-state index is 0.550. The molecule has 4 heteroatoms. The molecule has 1 unspecified atom stereocenters. The fourth-order valence-corrected chi connectivity index (χ4v) is 2.29. The van der Waals surface area contributed by atoms with Crippen LogP contribution in [0.25, 0.3) is 0 Å². The first kappa shape index (κ1) is 12.0. The van der Waals surface area contributed by atoms with Crippen molar-refractivity contribution in [3.05, 3.63) is 12.1 Å². The van der Waals surface area contributed by atoms with Crippen LogP contribution in [0.2, 0.25) is 0 Å². The molecule has 1 saturated heterocycles. The molecule has 0 saturated carbocycles. The summed E-state index contributed by atoms with van der Waals surface area (Å²) in [6, 6.07) is 4.42.